The zero-order valence-corrected chi connectivity index (χ0v) is 20.2. The summed E-state index contributed by atoms with van der Waals surface area (Å²) < 4.78 is 6.24. The summed E-state index contributed by atoms with van der Waals surface area (Å²) >= 11 is 0. The van der Waals surface area contributed by atoms with Gasteiger partial charge in [0.1, 0.15) is 22.6 Å². The molecule has 1 aliphatic rings. The fraction of sp³-hybridized carbons (Fsp3) is 0.207. The average molecular weight is 488 g/mol. The lowest BCUT2D eigenvalue weighted by Crippen LogP contribution is -2.19. The van der Waals surface area contributed by atoms with Crippen molar-refractivity contribution >= 4 is 22.1 Å². The minimum atomic E-state index is 0.273. The van der Waals surface area contributed by atoms with Crippen LogP contribution in [0.1, 0.15) is 32.1 Å². The van der Waals surface area contributed by atoms with Crippen molar-refractivity contribution in [3.63, 3.8) is 0 Å². The van der Waals surface area contributed by atoms with Gasteiger partial charge >= 0.3 is 0 Å². The van der Waals surface area contributed by atoms with E-state index >= 15 is 0 Å². The number of fused-ring (bicyclic) bond motifs is 2. The monoisotopic (exact) mass is 487 g/mol. The molecule has 0 aromatic carbocycles. The van der Waals surface area contributed by atoms with Crippen molar-refractivity contribution in [1.82, 2.24) is 35.1 Å². The van der Waals surface area contributed by atoms with Crippen molar-refractivity contribution in [2.45, 2.75) is 38.2 Å². The number of hydrogen-bond acceptors (Lipinski definition) is 6. The van der Waals surface area contributed by atoms with Gasteiger partial charge in [0.25, 0.3) is 0 Å². The van der Waals surface area contributed by atoms with Gasteiger partial charge < -0.3 is 9.72 Å². The van der Waals surface area contributed by atoms with E-state index in [1.165, 1.54) is 19.3 Å². The van der Waals surface area contributed by atoms with Gasteiger partial charge in [-0.3, -0.25) is 15.1 Å². The Morgan fingerprint density at radius 2 is 1.73 bits per heavy atom. The molecule has 0 bridgehead atoms. The van der Waals surface area contributed by atoms with E-state index in [9.17, 15) is 0 Å². The fourth-order valence-corrected chi connectivity index (χ4v) is 5.18. The summed E-state index contributed by atoms with van der Waals surface area (Å²) in [5.74, 6) is 0.795. The van der Waals surface area contributed by atoms with Gasteiger partial charge in [-0.15, -0.1) is 0 Å². The molecule has 6 heterocycles. The average Bonchev–Trinajstić information content (AvgIpc) is 3.58. The summed E-state index contributed by atoms with van der Waals surface area (Å²) in [6.07, 6.45) is 15.3. The molecule has 0 amide bonds. The number of nitrogens with one attached hydrogen (secondary N) is 2. The number of aromatic nitrogens is 7. The highest BCUT2D eigenvalue weighted by Crippen LogP contribution is 2.33. The van der Waals surface area contributed by atoms with Crippen LogP contribution < -0.4 is 4.74 Å². The second kappa shape index (κ2) is 9.13. The molecule has 1 saturated carbocycles. The van der Waals surface area contributed by atoms with Crippen LogP contribution in [0.3, 0.4) is 0 Å². The summed E-state index contributed by atoms with van der Waals surface area (Å²) in [6.45, 7) is 0. The van der Waals surface area contributed by atoms with Gasteiger partial charge in [-0.05, 0) is 79.3 Å². The van der Waals surface area contributed by atoms with Gasteiger partial charge in [0.2, 0.25) is 0 Å². The highest BCUT2D eigenvalue weighted by atomic mass is 16.5. The van der Waals surface area contributed by atoms with E-state index in [0.717, 1.165) is 74.4 Å². The summed E-state index contributed by atoms with van der Waals surface area (Å²) in [5, 5.41) is 8.74. The van der Waals surface area contributed by atoms with E-state index in [0.29, 0.717) is 0 Å². The zero-order chi connectivity index (χ0) is 24.6. The number of aromatic amines is 2. The van der Waals surface area contributed by atoms with Crippen molar-refractivity contribution < 1.29 is 4.74 Å². The number of rotatable bonds is 5. The highest BCUT2D eigenvalue weighted by molar-refractivity contribution is 5.99. The topological polar surface area (TPSA) is 105 Å². The minimum Gasteiger partial charge on any atom is -0.489 e. The third-order valence-corrected chi connectivity index (χ3v) is 7.05. The predicted molar refractivity (Wildman–Crippen MR) is 143 cm³/mol. The molecule has 0 aliphatic heterocycles. The van der Waals surface area contributed by atoms with Crippen molar-refractivity contribution in [3.05, 3.63) is 73.4 Å². The normalized spacial score (nSPS) is 14.4. The van der Waals surface area contributed by atoms with E-state index in [-0.39, 0.29) is 6.10 Å². The molecule has 8 heteroatoms. The van der Waals surface area contributed by atoms with Crippen LogP contribution in [0.25, 0.3) is 55.8 Å². The molecule has 6 aromatic rings. The lowest BCUT2D eigenvalue weighted by molar-refractivity contribution is 0.154. The lowest BCUT2D eigenvalue weighted by atomic mass is 9.98. The van der Waals surface area contributed by atoms with Crippen LogP contribution >= 0.6 is 0 Å². The molecule has 1 fully saturated rings. The maximum absolute atomic E-state index is 6.24. The van der Waals surface area contributed by atoms with Crippen LogP contribution in [0.15, 0.2) is 73.4 Å². The number of hydrogen-bond donors (Lipinski definition) is 2. The predicted octanol–water partition coefficient (Wildman–Crippen LogP) is 6.34. The molecule has 0 spiro atoms. The molecule has 37 heavy (non-hydrogen) atoms. The smallest absolute Gasteiger partial charge is 0.138 e. The zero-order valence-electron chi connectivity index (χ0n) is 20.2. The molecule has 7 rings (SSSR count). The molecule has 6 aromatic heterocycles. The van der Waals surface area contributed by atoms with E-state index in [1.807, 2.05) is 48.8 Å². The van der Waals surface area contributed by atoms with E-state index in [2.05, 4.69) is 36.2 Å². The van der Waals surface area contributed by atoms with Crippen LogP contribution in [0.2, 0.25) is 0 Å². The van der Waals surface area contributed by atoms with Crippen molar-refractivity contribution in [1.29, 1.82) is 0 Å². The quantitative estimate of drug-likeness (QED) is 0.294. The van der Waals surface area contributed by atoms with Gasteiger partial charge in [0.15, 0.2) is 0 Å². The molecule has 0 saturated heterocycles. The van der Waals surface area contributed by atoms with Crippen LogP contribution in [0.4, 0.5) is 0 Å². The van der Waals surface area contributed by atoms with Crippen molar-refractivity contribution in [3.8, 4) is 39.5 Å². The second-order valence-corrected chi connectivity index (χ2v) is 9.49. The molecule has 0 unspecified atom stereocenters. The van der Waals surface area contributed by atoms with Crippen LogP contribution in [-0.2, 0) is 0 Å². The first-order valence-electron chi connectivity index (χ1n) is 12.7. The Balaban J connectivity index is 1.26. The summed E-state index contributed by atoms with van der Waals surface area (Å²) in [6, 6.07) is 14.1. The number of H-pyrrole nitrogens is 2. The highest BCUT2D eigenvalue weighted by Gasteiger charge is 2.18. The molecular formula is C29H25N7O. The second-order valence-electron chi connectivity index (χ2n) is 9.49. The first-order valence-corrected chi connectivity index (χ1v) is 12.7. The molecule has 0 atom stereocenters. The number of ether oxygens (including phenoxy) is 1. The van der Waals surface area contributed by atoms with Crippen LogP contribution in [-0.4, -0.2) is 41.2 Å². The standard InChI is InChI=1S/C29H25N7O/c1-2-4-20(5-3-1)37-21-14-19(16-31-17-21)24-6-7-25-27(33-24)28(36-35-25)26-15-23-22(10-13-32-29(23)34-26)18-8-11-30-12-9-18/h6-17,20H,1-5H2,(H,32,34)(H,35,36). The number of pyridine rings is 4. The van der Waals surface area contributed by atoms with E-state index in [4.69, 9.17) is 9.72 Å². The first-order chi connectivity index (χ1) is 18.3. The van der Waals surface area contributed by atoms with Crippen LogP contribution in [0.5, 0.6) is 5.75 Å². The minimum absolute atomic E-state index is 0.273. The summed E-state index contributed by atoms with van der Waals surface area (Å²) in [5.41, 5.74) is 7.96. The Bertz CT molecular complexity index is 1700. The van der Waals surface area contributed by atoms with Gasteiger partial charge in [0, 0.05) is 35.7 Å². The van der Waals surface area contributed by atoms with Gasteiger partial charge in [0.05, 0.1) is 29.2 Å². The number of nitrogens with zero attached hydrogens (tertiary/aromatic N) is 5. The Morgan fingerprint density at radius 1 is 0.838 bits per heavy atom. The Morgan fingerprint density at radius 3 is 2.62 bits per heavy atom. The molecule has 0 radical (unpaired) electrons. The largest absolute Gasteiger partial charge is 0.489 e. The fourth-order valence-electron chi connectivity index (χ4n) is 5.18. The maximum atomic E-state index is 6.24. The molecule has 182 valence electrons. The van der Waals surface area contributed by atoms with Gasteiger partial charge in [-0.25, -0.2) is 9.97 Å². The summed E-state index contributed by atoms with van der Waals surface area (Å²) in [7, 11) is 0. The van der Waals surface area contributed by atoms with Gasteiger partial charge in [-0.2, -0.15) is 5.10 Å². The maximum Gasteiger partial charge on any atom is 0.138 e. The molecular weight excluding hydrogens is 462 g/mol. The van der Waals surface area contributed by atoms with E-state index in [1.54, 1.807) is 18.6 Å². The van der Waals surface area contributed by atoms with Crippen LogP contribution in [0, 0.1) is 0 Å². The third kappa shape index (κ3) is 4.10. The first kappa shape index (κ1) is 21.7. The third-order valence-electron chi connectivity index (χ3n) is 7.05. The Kier molecular flexibility index (Phi) is 5.35. The molecule has 8 nitrogen and oxygen atoms in total. The SMILES string of the molecule is c1cc(-c2ccnc3[nH]c(-c4n[nH]c5ccc(-c6cncc(OC7CCCCC7)c6)nc45)cc23)ccn1. The van der Waals surface area contributed by atoms with E-state index < -0.39 is 0 Å². The molecule has 1 aliphatic carbocycles. The lowest BCUT2D eigenvalue weighted by Gasteiger charge is -2.22. The van der Waals surface area contributed by atoms with Gasteiger partial charge in [-0.1, -0.05) is 6.42 Å². The summed E-state index contributed by atoms with van der Waals surface area (Å²) in [4.78, 5) is 21.5. The van der Waals surface area contributed by atoms with Crippen molar-refractivity contribution in [2.75, 3.05) is 0 Å². The van der Waals surface area contributed by atoms with Crippen molar-refractivity contribution in [2.24, 2.45) is 0 Å². The Labute approximate surface area is 213 Å². The Hall–Kier alpha value is -4.59. The molecule has 2 N–H and O–H groups in total.